The van der Waals surface area contributed by atoms with E-state index in [0.29, 0.717) is 5.92 Å². The second kappa shape index (κ2) is 4.00. The Balaban J connectivity index is 2.44. The number of hydrogen-bond donors (Lipinski definition) is 2. The van der Waals surface area contributed by atoms with Gasteiger partial charge in [0.25, 0.3) is 0 Å². The maximum Gasteiger partial charge on any atom is 0.109 e. The Morgan fingerprint density at radius 2 is 1.81 bits per heavy atom. The summed E-state index contributed by atoms with van der Waals surface area (Å²) >= 11 is 0. The largest absolute Gasteiger partial charge is 0.399 e. The SMILES string of the molecule is Cc1[nH]c(C(C)C)nc1-c1ccc(N)cc1. The molecule has 1 aromatic carbocycles. The molecule has 0 atom stereocenters. The molecule has 0 aliphatic heterocycles. The van der Waals surface area contributed by atoms with Gasteiger partial charge < -0.3 is 10.7 Å². The molecule has 0 saturated carbocycles. The van der Waals surface area contributed by atoms with Crippen molar-refractivity contribution in [3.05, 3.63) is 35.8 Å². The van der Waals surface area contributed by atoms with E-state index in [1.807, 2.05) is 31.2 Å². The minimum atomic E-state index is 0.418. The number of aromatic nitrogens is 2. The first-order chi connectivity index (χ1) is 7.58. The van der Waals surface area contributed by atoms with Crippen molar-refractivity contribution in [1.82, 2.24) is 9.97 Å². The lowest BCUT2D eigenvalue weighted by Crippen LogP contribution is -1.89. The van der Waals surface area contributed by atoms with E-state index in [0.717, 1.165) is 28.5 Å². The number of nitrogens with zero attached hydrogens (tertiary/aromatic N) is 1. The fourth-order valence-electron chi connectivity index (χ4n) is 1.68. The molecular formula is C13H17N3. The predicted octanol–water partition coefficient (Wildman–Crippen LogP) is 3.09. The Morgan fingerprint density at radius 1 is 1.19 bits per heavy atom. The summed E-state index contributed by atoms with van der Waals surface area (Å²) in [6, 6.07) is 7.81. The molecule has 0 bridgehead atoms. The summed E-state index contributed by atoms with van der Waals surface area (Å²) in [5.41, 5.74) is 9.68. The van der Waals surface area contributed by atoms with Crippen molar-refractivity contribution in [3.8, 4) is 11.3 Å². The van der Waals surface area contributed by atoms with Gasteiger partial charge in [-0.3, -0.25) is 0 Å². The number of hydrogen-bond acceptors (Lipinski definition) is 2. The molecule has 1 heterocycles. The molecule has 3 N–H and O–H groups in total. The van der Waals surface area contributed by atoms with Gasteiger partial charge in [-0.05, 0) is 19.1 Å². The highest BCUT2D eigenvalue weighted by Crippen LogP contribution is 2.24. The summed E-state index contributed by atoms with van der Waals surface area (Å²) in [4.78, 5) is 7.93. The zero-order chi connectivity index (χ0) is 11.7. The van der Waals surface area contributed by atoms with Crippen LogP contribution in [0.4, 0.5) is 5.69 Å². The van der Waals surface area contributed by atoms with Crippen molar-refractivity contribution in [2.24, 2.45) is 0 Å². The second-order valence-corrected chi connectivity index (χ2v) is 4.37. The van der Waals surface area contributed by atoms with Crippen LogP contribution >= 0.6 is 0 Å². The molecule has 2 rings (SSSR count). The molecule has 0 radical (unpaired) electrons. The highest BCUT2D eigenvalue weighted by molar-refractivity contribution is 5.64. The molecule has 0 fully saturated rings. The van der Waals surface area contributed by atoms with Gasteiger partial charge in [-0.15, -0.1) is 0 Å². The summed E-state index contributed by atoms with van der Waals surface area (Å²) in [6.45, 7) is 6.31. The lowest BCUT2D eigenvalue weighted by Gasteiger charge is -1.99. The number of benzene rings is 1. The lowest BCUT2D eigenvalue weighted by molar-refractivity contribution is 0.792. The maximum atomic E-state index is 5.67. The third-order valence-electron chi connectivity index (χ3n) is 2.63. The van der Waals surface area contributed by atoms with E-state index < -0.39 is 0 Å². The Kier molecular flexibility index (Phi) is 2.69. The van der Waals surface area contributed by atoms with Crippen LogP contribution < -0.4 is 5.73 Å². The zero-order valence-corrected chi connectivity index (χ0v) is 9.91. The Morgan fingerprint density at radius 3 is 2.31 bits per heavy atom. The van der Waals surface area contributed by atoms with Crippen LogP contribution in [0.1, 0.15) is 31.3 Å². The van der Waals surface area contributed by atoms with Gasteiger partial charge in [0, 0.05) is 22.9 Å². The van der Waals surface area contributed by atoms with Crippen molar-refractivity contribution in [2.45, 2.75) is 26.7 Å². The van der Waals surface area contributed by atoms with E-state index in [-0.39, 0.29) is 0 Å². The first kappa shape index (κ1) is 10.7. The molecule has 3 nitrogen and oxygen atoms in total. The predicted molar refractivity (Wildman–Crippen MR) is 67.3 cm³/mol. The average Bonchev–Trinajstić information content (AvgIpc) is 2.62. The quantitative estimate of drug-likeness (QED) is 0.756. The molecule has 84 valence electrons. The standard InChI is InChI=1S/C13H17N3/c1-8(2)13-15-9(3)12(16-13)10-4-6-11(14)7-5-10/h4-8H,14H2,1-3H3,(H,15,16). The smallest absolute Gasteiger partial charge is 0.109 e. The van der Waals surface area contributed by atoms with Crippen LogP contribution in [0.15, 0.2) is 24.3 Å². The van der Waals surface area contributed by atoms with E-state index in [1.165, 1.54) is 0 Å². The Bertz CT molecular complexity index is 480. The maximum absolute atomic E-state index is 5.67. The monoisotopic (exact) mass is 215 g/mol. The minimum Gasteiger partial charge on any atom is -0.399 e. The molecule has 0 aliphatic rings. The number of H-pyrrole nitrogens is 1. The van der Waals surface area contributed by atoms with Crippen molar-refractivity contribution >= 4 is 5.69 Å². The normalized spacial score (nSPS) is 11.0. The minimum absolute atomic E-state index is 0.418. The summed E-state index contributed by atoms with van der Waals surface area (Å²) in [5.74, 6) is 1.45. The van der Waals surface area contributed by atoms with E-state index >= 15 is 0 Å². The number of aryl methyl sites for hydroxylation is 1. The molecule has 0 aliphatic carbocycles. The molecule has 0 unspecified atom stereocenters. The fraction of sp³-hybridized carbons (Fsp3) is 0.308. The number of nitrogens with one attached hydrogen (secondary N) is 1. The Hall–Kier alpha value is -1.77. The number of imidazole rings is 1. The molecular weight excluding hydrogens is 198 g/mol. The van der Waals surface area contributed by atoms with Gasteiger partial charge in [0.05, 0.1) is 5.69 Å². The third-order valence-corrected chi connectivity index (χ3v) is 2.63. The second-order valence-electron chi connectivity index (χ2n) is 4.37. The first-order valence-electron chi connectivity index (χ1n) is 5.50. The van der Waals surface area contributed by atoms with E-state index in [1.54, 1.807) is 0 Å². The van der Waals surface area contributed by atoms with Gasteiger partial charge in [-0.25, -0.2) is 4.98 Å². The van der Waals surface area contributed by atoms with Gasteiger partial charge in [-0.1, -0.05) is 26.0 Å². The molecule has 1 aromatic heterocycles. The molecule has 2 aromatic rings. The molecule has 3 heteroatoms. The average molecular weight is 215 g/mol. The first-order valence-corrected chi connectivity index (χ1v) is 5.50. The number of nitrogens with two attached hydrogens (primary N) is 1. The number of aromatic amines is 1. The fourth-order valence-corrected chi connectivity index (χ4v) is 1.68. The van der Waals surface area contributed by atoms with Crippen LogP contribution in [0.3, 0.4) is 0 Å². The van der Waals surface area contributed by atoms with Crippen molar-refractivity contribution in [3.63, 3.8) is 0 Å². The number of nitrogen functional groups attached to an aromatic ring is 1. The highest BCUT2D eigenvalue weighted by Gasteiger charge is 2.10. The molecule has 0 amide bonds. The van der Waals surface area contributed by atoms with Crippen molar-refractivity contribution < 1.29 is 0 Å². The zero-order valence-electron chi connectivity index (χ0n) is 9.91. The van der Waals surface area contributed by atoms with Crippen molar-refractivity contribution in [2.75, 3.05) is 5.73 Å². The highest BCUT2D eigenvalue weighted by atomic mass is 14.9. The van der Waals surface area contributed by atoms with E-state index in [9.17, 15) is 0 Å². The van der Waals surface area contributed by atoms with Crippen LogP contribution in [0.5, 0.6) is 0 Å². The summed E-state index contributed by atoms with van der Waals surface area (Å²) in [6.07, 6.45) is 0. The molecule has 0 saturated heterocycles. The van der Waals surface area contributed by atoms with Gasteiger partial charge in [0.2, 0.25) is 0 Å². The number of anilines is 1. The topological polar surface area (TPSA) is 54.7 Å². The van der Waals surface area contributed by atoms with Crippen molar-refractivity contribution in [1.29, 1.82) is 0 Å². The summed E-state index contributed by atoms with van der Waals surface area (Å²) in [7, 11) is 0. The summed E-state index contributed by atoms with van der Waals surface area (Å²) in [5, 5.41) is 0. The van der Waals surface area contributed by atoms with Gasteiger partial charge >= 0.3 is 0 Å². The lowest BCUT2D eigenvalue weighted by atomic mass is 10.1. The van der Waals surface area contributed by atoms with Crippen LogP contribution in [-0.2, 0) is 0 Å². The molecule has 16 heavy (non-hydrogen) atoms. The van der Waals surface area contributed by atoms with Gasteiger partial charge in [0.15, 0.2) is 0 Å². The van der Waals surface area contributed by atoms with Gasteiger partial charge in [-0.2, -0.15) is 0 Å². The van der Waals surface area contributed by atoms with Crippen LogP contribution in [0.2, 0.25) is 0 Å². The van der Waals surface area contributed by atoms with Crippen LogP contribution in [0.25, 0.3) is 11.3 Å². The van der Waals surface area contributed by atoms with E-state index in [2.05, 4.69) is 23.8 Å². The summed E-state index contributed by atoms with van der Waals surface area (Å²) < 4.78 is 0. The van der Waals surface area contributed by atoms with E-state index in [4.69, 9.17) is 5.73 Å². The van der Waals surface area contributed by atoms with Crippen LogP contribution in [0, 0.1) is 6.92 Å². The van der Waals surface area contributed by atoms with Gasteiger partial charge in [0.1, 0.15) is 5.82 Å². The number of rotatable bonds is 2. The third kappa shape index (κ3) is 1.94. The Labute approximate surface area is 95.7 Å². The molecule has 0 spiro atoms. The van der Waals surface area contributed by atoms with Crippen LogP contribution in [-0.4, -0.2) is 9.97 Å².